The van der Waals surface area contributed by atoms with Crippen LogP contribution >= 0.6 is 0 Å². The molecule has 0 amide bonds. The maximum Gasteiger partial charge on any atom is 0.146 e. The number of carbonyl (C=O) groups is 1. The van der Waals surface area contributed by atoms with Crippen LogP contribution in [0.15, 0.2) is 22.8 Å². The summed E-state index contributed by atoms with van der Waals surface area (Å²) in [6.07, 6.45) is 5.38. The van der Waals surface area contributed by atoms with E-state index >= 15 is 0 Å². The summed E-state index contributed by atoms with van der Waals surface area (Å²) in [7, 11) is 0. The Bertz CT molecular complexity index is 882. The Kier molecular flexibility index (Phi) is 6.52. The molecule has 4 aliphatic carbocycles. The van der Waals surface area contributed by atoms with Crippen molar-refractivity contribution >= 4 is 6.29 Å². The number of carbonyl (C=O) groups excluding carboxylic acids is 1. The highest BCUT2D eigenvalue weighted by Crippen LogP contribution is 2.66. The molecule has 0 saturated heterocycles. The van der Waals surface area contributed by atoms with Crippen molar-refractivity contribution in [3.63, 3.8) is 0 Å². The van der Waals surface area contributed by atoms with Crippen LogP contribution in [0.25, 0.3) is 0 Å². The second kappa shape index (κ2) is 8.52. The molecule has 0 aromatic carbocycles. The first-order chi connectivity index (χ1) is 15.6. The van der Waals surface area contributed by atoms with E-state index in [0.29, 0.717) is 31.3 Å². The Hall–Kier alpha value is -1.05. The molecule has 2 saturated carbocycles. The molecule has 2 fully saturated rings. The van der Waals surface area contributed by atoms with Crippen molar-refractivity contribution in [2.75, 3.05) is 0 Å². The summed E-state index contributed by atoms with van der Waals surface area (Å²) in [6.45, 7) is 9.54. The molecule has 192 valence electrons. The average molecular weight is 477 g/mol. The standard InChI is InChI=1S/C28H44O6/c1-25(2,33)10-9-24(32)28(5,34)23-7-6-18-17-12-16(15-29)20-13-21(30)22(31)14-27(20,4)19(17)8-11-26(18,23)3/h12,15,18,20-24,30-34H,6-11,13-14H2,1-5H3/t18-,20-,21+,22-,23-,24+,26-,27+,28+/m0/s1. The topological polar surface area (TPSA) is 118 Å². The van der Waals surface area contributed by atoms with E-state index in [9.17, 15) is 30.3 Å². The Morgan fingerprint density at radius 1 is 1.12 bits per heavy atom. The number of fused-ring (bicyclic) bond motifs is 4. The molecule has 0 aromatic rings. The lowest BCUT2D eigenvalue weighted by Crippen LogP contribution is -2.54. The fourth-order valence-corrected chi connectivity index (χ4v) is 8.23. The van der Waals surface area contributed by atoms with Gasteiger partial charge < -0.3 is 25.5 Å². The van der Waals surface area contributed by atoms with E-state index in [1.54, 1.807) is 20.8 Å². The minimum atomic E-state index is -1.28. The maximum atomic E-state index is 12.1. The molecule has 0 aliphatic heterocycles. The highest BCUT2D eigenvalue weighted by molar-refractivity contribution is 5.77. The van der Waals surface area contributed by atoms with Gasteiger partial charge in [0.05, 0.1) is 29.5 Å². The van der Waals surface area contributed by atoms with Crippen LogP contribution < -0.4 is 0 Å². The van der Waals surface area contributed by atoms with Crippen molar-refractivity contribution < 1.29 is 30.3 Å². The Labute approximate surface area is 203 Å². The van der Waals surface area contributed by atoms with Gasteiger partial charge in [-0.15, -0.1) is 0 Å². The quantitative estimate of drug-likeness (QED) is 0.376. The summed E-state index contributed by atoms with van der Waals surface area (Å²) < 4.78 is 0. The summed E-state index contributed by atoms with van der Waals surface area (Å²) in [5.74, 6) is -0.0189. The summed E-state index contributed by atoms with van der Waals surface area (Å²) in [5, 5.41) is 53.5. The van der Waals surface area contributed by atoms with Gasteiger partial charge in [-0.05, 0) is 112 Å². The maximum absolute atomic E-state index is 12.1. The van der Waals surface area contributed by atoms with Crippen molar-refractivity contribution in [1.29, 1.82) is 0 Å². The van der Waals surface area contributed by atoms with Gasteiger partial charge in [-0.1, -0.05) is 25.5 Å². The van der Waals surface area contributed by atoms with Crippen LogP contribution in [0.1, 0.15) is 86.0 Å². The third kappa shape index (κ3) is 4.03. The zero-order valence-electron chi connectivity index (χ0n) is 21.4. The van der Waals surface area contributed by atoms with E-state index < -0.39 is 29.5 Å². The molecule has 6 heteroatoms. The third-order valence-corrected chi connectivity index (χ3v) is 10.3. The second-order valence-corrected chi connectivity index (χ2v) is 13.0. The molecular weight excluding hydrogens is 432 g/mol. The zero-order chi connectivity index (χ0) is 25.3. The molecule has 34 heavy (non-hydrogen) atoms. The van der Waals surface area contributed by atoms with E-state index in [-0.39, 0.29) is 28.6 Å². The summed E-state index contributed by atoms with van der Waals surface area (Å²) in [5.41, 5.74) is 0.437. The monoisotopic (exact) mass is 476 g/mol. The third-order valence-electron chi connectivity index (χ3n) is 10.3. The highest BCUT2D eigenvalue weighted by atomic mass is 16.3. The van der Waals surface area contributed by atoms with Gasteiger partial charge in [-0.25, -0.2) is 0 Å². The van der Waals surface area contributed by atoms with Crippen molar-refractivity contribution in [1.82, 2.24) is 0 Å². The van der Waals surface area contributed by atoms with Crippen LogP contribution in [0.2, 0.25) is 0 Å². The summed E-state index contributed by atoms with van der Waals surface area (Å²) in [4.78, 5) is 12.1. The molecule has 5 N–H and O–H groups in total. The van der Waals surface area contributed by atoms with E-state index in [0.717, 1.165) is 32.0 Å². The van der Waals surface area contributed by atoms with Gasteiger partial charge in [0.1, 0.15) is 6.29 Å². The normalized spacial score (nSPS) is 42.8. The first kappa shape index (κ1) is 26.0. The minimum Gasteiger partial charge on any atom is -0.390 e. The van der Waals surface area contributed by atoms with Gasteiger partial charge in [-0.3, -0.25) is 4.79 Å². The smallest absolute Gasteiger partial charge is 0.146 e. The van der Waals surface area contributed by atoms with Gasteiger partial charge in [0.2, 0.25) is 0 Å². The second-order valence-electron chi connectivity index (χ2n) is 13.0. The van der Waals surface area contributed by atoms with E-state index in [4.69, 9.17) is 0 Å². The number of allylic oxidation sites excluding steroid dienone is 4. The molecule has 4 aliphatic rings. The van der Waals surface area contributed by atoms with Crippen molar-refractivity contribution in [3.05, 3.63) is 22.8 Å². The van der Waals surface area contributed by atoms with E-state index in [2.05, 4.69) is 13.8 Å². The first-order valence-electron chi connectivity index (χ1n) is 13.0. The van der Waals surface area contributed by atoms with Crippen LogP contribution in [0, 0.1) is 28.6 Å². The predicted molar refractivity (Wildman–Crippen MR) is 130 cm³/mol. The Morgan fingerprint density at radius 3 is 2.41 bits per heavy atom. The molecule has 0 spiro atoms. The number of aliphatic hydroxyl groups excluding tert-OH is 3. The molecular formula is C28H44O6. The zero-order valence-corrected chi connectivity index (χ0v) is 21.4. The number of aldehydes is 1. The lowest BCUT2D eigenvalue weighted by molar-refractivity contribution is -0.138. The van der Waals surface area contributed by atoms with Crippen molar-refractivity contribution in [2.24, 2.45) is 28.6 Å². The number of aliphatic hydroxyl groups is 5. The molecule has 6 nitrogen and oxygen atoms in total. The predicted octanol–water partition coefficient (Wildman–Crippen LogP) is 3.05. The van der Waals surface area contributed by atoms with Crippen LogP contribution in [0.5, 0.6) is 0 Å². The van der Waals surface area contributed by atoms with Crippen LogP contribution in [0.4, 0.5) is 0 Å². The number of hydrogen-bond donors (Lipinski definition) is 5. The highest BCUT2D eigenvalue weighted by Gasteiger charge is 2.60. The number of rotatable bonds is 6. The molecule has 0 radical (unpaired) electrons. The lowest BCUT2D eigenvalue weighted by atomic mass is 9.50. The van der Waals surface area contributed by atoms with Gasteiger partial charge in [-0.2, -0.15) is 0 Å². The largest absolute Gasteiger partial charge is 0.390 e. The van der Waals surface area contributed by atoms with Crippen LogP contribution in [-0.2, 0) is 4.79 Å². The fraction of sp³-hybridized carbons (Fsp3) is 0.821. The van der Waals surface area contributed by atoms with Gasteiger partial charge in [0, 0.05) is 0 Å². The van der Waals surface area contributed by atoms with E-state index in [1.807, 2.05) is 6.08 Å². The molecule has 0 unspecified atom stereocenters. The van der Waals surface area contributed by atoms with Gasteiger partial charge >= 0.3 is 0 Å². The van der Waals surface area contributed by atoms with Gasteiger partial charge in [0.15, 0.2) is 0 Å². The molecule has 4 rings (SSSR count). The number of hydrogen-bond acceptors (Lipinski definition) is 6. The molecule has 0 heterocycles. The first-order valence-corrected chi connectivity index (χ1v) is 13.0. The molecule has 9 atom stereocenters. The summed E-state index contributed by atoms with van der Waals surface area (Å²) in [6, 6.07) is 0. The minimum absolute atomic E-state index is 0.0875. The SMILES string of the molecule is CC(C)(O)CC[C@@H](O)[C@](C)(O)[C@H]1CC[C@H]2C3=C(CC[C@]12C)[C@@]1(C)C[C@H](O)[C@H](O)C[C@H]1C(C=O)=C3. The molecule has 0 bridgehead atoms. The Balaban J connectivity index is 1.66. The average Bonchev–Trinajstić information content (AvgIpc) is 3.10. The summed E-state index contributed by atoms with van der Waals surface area (Å²) >= 11 is 0. The van der Waals surface area contributed by atoms with E-state index in [1.165, 1.54) is 11.1 Å². The van der Waals surface area contributed by atoms with Crippen LogP contribution in [-0.4, -0.2) is 61.3 Å². The van der Waals surface area contributed by atoms with Crippen LogP contribution in [0.3, 0.4) is 0 Å². The van der Waals surface area contributed by atoms with Crippen molar-refractivity contribution in [3.8, 4) is 0 Å². The van der Waals surface area contributed by atoms with Crippen molar-refractivity contribution in [2.45, 2.75) is 115 Å². The van der Waals surface area contributed by atoms with Gasteiger partial charge in [0.25, 0.3) is 0 Å². The molecule has 0 aromatic heterocycles. The Morgan fingerprint density at radius 2 is 1.79 bits per heavy atom. The lowest BCUT2D eigenvalue weighted by Gasteiger charge is -2.55. The fourth-order valence-electron chi connectivity index (χ4n) is 8.23.